The number of fused-ring (bicyclic) bond motifs is 3. The summed E-state index contributed by atoms with van der Waals surface area (Å²) in [5.74, 6) is 1.33. The van der Waals surface area contributed by atoms with E-state index in [9.17, 15) is 9.59 Å². The van der Waals surface area contributed by atoms with Crippen LogP contribution in [-0.2, 0) is 9.59 Å². The normalized spacial score (nSPS) is 11.6. The van der Waals surface area contributed by atoms with Crippen LogP contribution in [-0.4, -0.2) is 44.5 Å². The van der Waals surface area contributed by atoms with Gasteiger partial charge in [0.05, 0.1) is 11.0 Å². The van der Waals surface area contributed by atoms with E-state index in [4.69, 9.17) is 4.98 Å². The number of carbonyl (C=O) groups excluding carboxylic acids is 2. The third-order valence-electron chi connectivity index (χ3n) is 4.67. The molecule has 0 saturated heterocycles. The number of hydrogen-bond acceptors (Lipinski definition) is 6. The Labute approximate surface area is 175 Å². The number of amides is 2. The van der Waals surface area contributed by atoms with E-state index in [2.05, 4.69) is 26.1 Å². The monoisotopic (exact) mass is 411 g/mol. The number of aryl methyl sites for hydroxylation is 1. The highest BCUT2D eigenvalue weighted by atomic mass is 16.2. The first kappa shape index (κ1) is 21.5. The zero-order chi connectivity index (χ0) is 21.9. The minimum atomic E-state index is -0.371. The van der Waals surface area contributed by atoms with E-state index in [-0.39, 0.29) is 17.2 Å². The molecule has 9 heteroatoms. The highest BCUT2D eigenvalue weighted by Crippen LogP contribution is 2.24. The van der Waals surface area contributed by atoms with Crippen molar-refractivity contribution in [3.63, 3.8) is 0 Å². The van der Waals surface area contributed by atoms with Crippen LogP contribution in [0.1, 0.15) is 46.4 Å². The predicted molar refractivity (Wildman–Crippen MR) is 118 cm³/mol. The van der Waals surface area contributed by atoms with Crippen molar-refractivity contribution in [1.82, 2.24) is 24.9 Å². The van der Waals surface area contributed by atoms with Gasteiger partial charge in [0, 0.05) is 31.1 Å². The van der Waals surface area contributed by atoms with Crippen LogP contribution in [0.2, 0.25) is 0 Å². The maximum atomic E-state index is 11.9. The van der Waals surface area contributed by atoms with E-state index in [0.717, 1.165) is 29.7 Å². The Bertz CT molecular complexity index is 1080. The van der Waals surface area contributed by atoms with Crippen LogP contribution in [0.3, 0.4) is 0 Å². The van der Waals surface area contributed by atoms with Crippen molar-refractivity contribution >= 4 is 40.0 Å². The molecule has 2 heterocycles. The third kappa shape index (κ3) is 4.84. The predicted octanol–water partition coefficient (Wildman–Crippen LogP) is 2.90. The average molecular weight is 412 g/mol. The van der Waals surface area contributed by atoms with Crippen molar-refractivity contribution in [2.45, 2.75) is 47.5 Å². The van der Waals surface area contributed by atoms with Crippen molar-refractivity contribution in [2.75, 3.05) is 23.7 Å². The smallest absolute Gasteiger partial charge is 0.225 e. The van der Waals surface area contributed by atoms with Crippen LogP contribution in [0.5, 0.6) is 0 Å². The minimum Gasteiger partial charge on any atom is -0.367 e. The van der Waals surface area contributed by atoms with E-state index >= 15 is 0 Å². The van der Waals surface area contributed by atoms with Gasteiger partial charge in [0.15, 0.2) is 5.82 Å². The lowest BCUT2D eigenvalue weighted by atomic mass is 9.96. The van der Waals surface area contributed by atoms with Crippen LogP contribution >= 0.6 is 0 Å². The molecule has 0 aliphatic rings. The molecule has 0 aliphatic heterocycles. The number of hydrogen-bond donors (Lipinski definition) is 3. The first-order valence-corrected chi connectivity index (χ1v) is 10.1. The summed E-state index contributed by atoms with van der Waals surface area (Å²) in [7, 11) is 0. The first-order chi connectivity index (χ1) is 14.2. The molecule has 0 atom stereocenters. The standard InChI is InChI=1S/C21H29N7O2/c1-13-26-27-19-18(22-10-6-7-11-23-20(30)21(3,4)5)25-16-9-8-15(24-14(2)29)12-17(16)28(13)19/h8-9,12H,6-7,10-11H2,1-5H3,(H,22,25)(H,23,30)(H,24,29). The number of carbonyl (C=O) groups is 2. The van der Waals surface area contributed by atoms with Gasteiger partial charge in [-0.05, 0) is 38.0 Å². The van der Waals surface area contributed by atoms with Gasteiger partial charge >= 0.3 is 0 Å². The van der Waals surface area contributed by atoms with Crippen molar-refractivity contribution in [3.8, 4) is 0 Å². The zero-order valence-electron chi connectivity index (χ0n) is 18.2. The molecule has 3 rings (SSSR count). The Morgan fingerprint density at radius 1 is 1.10 bits per heavy atom. The molecule has 0 unspecified atom stereocenters. The van der Waals surface area contributed by atoms with Crippen molar-refractivity contribution in [2.24, 2.45) is 5.41 Å². The molecule has 3 aromatic rings. The Morgan fingerprint density at radius 3 is 2.53 bits per heavy atom. The summed E-state index contributed by atoms with van der Waals surface area (Å²) in [6, 6.07) is 5.56. The quantitative estimate of drug-likeness (QED) is 0.515. The van der Waals surface area contributed by atoms with Crippen molar-refractivity contribution in [3.05, 3.63) is 24.0 Å². The maximum Gasteiger partial charge on any atom is 0.225 e. The molecule has 1 aromatic carbocycles. The molecule has 30 heavy (non-hydrogen) atoms. The van der Waals surface area contributed by atoms with Gasteiger partial charge < -0.3 is 16.0 Å². The second-order valence-electron chi connectivity index (χ2n) is 8.39. The lowest BCUT2D eigenvalue weighted by molar-refractivity contribution is -0.128. The molecule has 0 radical (unpaired) electrons. The largest absolute Gasteiger partial charge is 0.367 e. The van der Waals surface area contributed by atoms with Crippen LogP contribution in [0, 0.1) is 12.3 Å². The fourth-order valence-electron chi connectivity index (χ4n) is 3.10. The summed E-state index contributed by atoms with van der Waals surface area (Å²) >= 11 is 0. The van der Waals surface area contributed by atoms with Crippen LogP contribution in [0.25, 0.3) is 16.7 Å². The van der Waals surface area contributed by atoms with E-state index in [0.29, 0.717) is 30.2 Å². The fourth-order valence-corrected chi connectivity index (χ4v) is 3.10. The maximum absolute atomic E-state index is 11.9. The van der Waals surface area contributed by atoms with E-state index in [1.165, 1.54) is 6.92 Å². The second-order valence-corrected chi connectivity index (χ2v) is 8.39. The molecule has 2 amide bonds. The zero-order valence-corrected chi connectivity index (χ0v) is 18.2. The fraction of sp³-hybridized carbons (Fsp3) is 0.476. The molecule has 0 bridgehead atoms. The van der Waals surface area contributed by atoms with Crippen LogP contribution in [0.4, 0.5) is 11.5 Å². The minimum absolute atomic E-state index is 0.0610. The van der Waals surface area contributed by atoms with Gasteiger partial charge in [-0.2, -0.15) is 0 Å². The molecule has 0 aliphatic carbocycles. The van der Waals surface area contributed by atoms with Gasteiger partial charge in [-0.15, -0.1) is 10.2 Å². The highest BCUT2D eigenvalue weighted by Gasteiger charge is 2.20. The number of nitrogens with one attached hydrogen (secondary N) is 3. The summed E-state index contributed by atoms with van der Waals surface area (Å²) in [5, 5.41) is 17.6. The number of rotatable bonds is 7. The Balaban J connectivity index is 1.70. The van der Waals surface area contributed by atoms with Crippen molar-refractivity contribution in [1.29, 1.82) is 0 Å². The van der Waals surface area contributed by atoms with Gasteiger partial charge in [0.25, 0.3) is 0 Å². The molecule has 3 N–H and O–H groups in total. The van der Waals surface area contributed by atoms with Gasteiger partial charge in [-0.25, -0.2) is 4.98 Å². The molecule has 2 aromatic heterocycles. The molecular formula is C21H29N7O2. The number of benzene rings is 1. The van der Waals surface area contributed by atoms with Gasteiger partial charge in [0.2, 0.25) is 17.5 Å². The summed E-state index contributed by atoms with van der Waals surface area (Å²) in [5.41, 5.74) is 2.57. The SMILES string of the molecule is CC(=O)Nc1ccc2nc(NCCCCNC(=O)C(C)(C)C)c3nnc(C)n3c2c1. The van der Waals surface area contributed by atoms with E-state index in [1.54, 1.807) is 0 Å². The lowest BCUT2D eigenvalue weighted by Gasteiger charge is -2.17. The van der Waals surface area contributed by atoms with Gasteiger partial charge in [-0.3, -0.25) is 14.0 Å². The molecule has 9 nitrogen and oxygen atoms in total. The third-order valence-corrected chi connectivity index (χ3v) is 4.67. The second kappa shape index (κ2) is 8.64. The highest BCUT2D eigenvalue weighted by molar-refractivity contribution is 5.92. The summed E-state index contributed by atoms with van der Waals surface area (Å²) < 4.78 is 1.93. The molecule has 0 spiro atoms. The summed E-state index contributed by atoms with van der Waals surface area (Å²) in [6.45, 7) is 10.4. The topological polar surface area (TPSA) is 113 Å². The van der Waals surface area contributed by atoms with E-state index in [1.807, 2.05) is 50.3 Å². The number of unbranched alkanes of at least 4 members (excludes halogenated alkanes) is 1. The molecule has 0 saturated carbocycles. The van der Waals surface area contributed by atoms with Gasteiger partial charge in [-0.1, -0.05) is 20.8 Å². The van der Waals surface area contributed by atoms with Gasteiger partial charge in [0.1, 0.15) is 5.82 Å². The molecule has 160 valence electrons. The Morgan fingerprint density at radius 2 is 1.83 bits per heavy atom. The average Bonchev–Trinajstić information content (AvgIpc) is 3.05. The van der Waals surface area contributed by atoms with Crippen LogP contribution < -0.4 is 16.0 Å². The Hall–Kier alpha value is -3.23. The molecule has 0 fully saturated rings. The summed E-state index contributed by atoms with van der Waals surface area (Å²) in [6.07, 6.45) is 1.75. The first-order valence-electron chi connectivity index (χ1n) is 10.1. The number of aromatic nitrogens is 4. The molecular weight excluding hydrogens is 382 g/mol. The van der Waals surface area contributed by atoms with Crippen LogP contribution in [0.15, 0.2) is 18.2 Å². The number of nitrogens with zero attached hydrogens (tertiary/aromatic N) is 4. The number of anilines is 2. The summed E-state index contributed by atoms with van der Waals surface area (Å²) in [4.78, 5) is 28.0. The van der Waals surface area contributed by atoms with E-state index < -0.39 is 0 Å². The Kier molecular flexibility index (Phi) is 6.19. The lowest BCUT2D eigenvalue weighted by Crippen LogP contribution is -2.35. The van der Waals surface area contributed by atoms with Crippen molar-refractivity contribution < 1.29 is 9.59 Å².